The highest BCUT2D eigenvalue weighted by molar-refractivity contribution is 14.1. The van der Waals surface area contributed by atoms with Crippen LogP contribution in [0.1, 0.15) is 18.9 Å². The zero-order chi connectivity index (χ0) is 18.5. The Bertz CT molecular complexity index is 902. The third-order valence-corrected chi connectivity index (χ3v) is 6.51. The molecular formula is C20H19IN2O3. The number of benzene rings is 1. The van der Waals surface area contributed by atoms with E-state index in [1.807, 2.05) is 31.2 Å². The Balaban J connectivity index is 1.90. The van der Waals surface area contributed by atoms with Gasteiger partial charge in [-0.2, -0.15) is 0 Å². The van der Waals surface area contributed by atoms with E-state index in [-0.39, 0.29) is 11.8 Å². The van der Waals surface area contributed by atoms with E-state index in [0.29, 0.717) is 11.3 Å². The first-order chi connectivity index (χ1) is 12.5. The number of methoxy groups -OCH3 is 1. The van der Waals surface area contributed by atoms with Gasteiger partial charge >= 0.3 is 5.97 Å². The van der Waals surface area contributed by atoms with Crippen molar-refractivity contribution in [2.45, 2.75) is 24.8 Å². The van der Waals surface area contributed by atoms with Crippen molar-refractivity contribution in [2.75, 3.05) is 20.2 Å². The number of carbonyl (C=O) groups excluding carboxylic acids is 2. The molecule has 3 aliphatic rings. The predicted molar refractivity (Wildman–Crippen MR) is 108 cm³/mol. The van der Waals surface area contributed by atoms with E-state index in [1.54, 1.807) is 0 Å². The lowest BCUT2D eigenvalue weighted by molar-refractivity contribution is -0.136. The Kier molecular flexibility index (Phi) is 4.35. The Morgan fingerprint density at radius 2 is 2.23 bits per heavy atom. The molecule has 0 unspecified atom stereocenters. The van der Waals surface area contributed by atoms with Crippen LogP contribution in [0.2, 0.25) is 0 Å². The Morgan fingerprint density at radius 3 is 2.96 bits per heavy atom. The van der Waals surface area contributed by atoms with Gasteiger partial charge in [-0.1, -0.05) is 24.3 Å². The summed E-state index contributed by atoms with van der Waals surface area (Å²) in [4.78, 5) is 32.5. The number of ether oxygens (including phenoxy) is 1. The molecule has 0 aromatic heterocycles. The Labute approximate surface area is 165 Å². The molecule has 5 nitrogen and oxygen atoms in total. The van der Waals surface area contributed by atoms with Crippen molar-refractivity contribution in [3.63, 3.8) is 0 Å². The summed E-state index contributed by atoms with van der Waals surface area (Å²) < 4.78 is 6.13. The second kappa shape index (κ2) is 6.42. The highest BCUT2D eigenvalue weighted by Gasteiger charge is 2.61. The SMILES string of the molecule is C/C=C(\I)CN1CC[C@@]23C(=Nc4ccccc42)C(C(=O)OC)=CC(=O)[C@H]13. The van der Waals surface area contributed by atoms with Crippen LogP contribution in [0.5, 0.6) is 0 Å². The number of rotatable bonds is 3. The average Bonchev–Trinajstić information content (AvgIpc) is 3.19. The van der Waals surface area contributed by atoms with Gasteiger partial charge in [0.25, 0.3) is 0 Å². The number of carbonyl (C=O) groups is 2. The number of halogens is 1. The number of ketones is 1. The molecule has 6 heteroatoms. The van der Waals surface area contributed by atoms with Gasteiger partial charge in [0.15, 0.2) is 5.78 Å². The molecule has 1 saturated heterocycles. The first-order valence-electron chi connectivity index (χ1n) is 8.60. The molecular weight excluding hydrogens is 443 g/mol. The van der Waals surface area contributed by atoms with Crippen LogP contribution in [-0.2, 0) is 19.7 Å². The van der Waals surface area contributed by atoms with E-state index in [9.17, 15) is 9.59 Å². The molecule has 0 radical (unpaired) electrons. The maximum atomic E-state index is 13.1. The zero-order valence-electron chi connectivity index (χ0n) is 14.7. The molecule has 2 aliphatic heterocycles. The number of fused-ring (bicyclic) bond motifs is 1. The molecule has 1 aromatic carbocycles. The first kappa shape index (κ1) is 17.6. The molecule has 134 valence electrons. The monoisotopic (exact) mass is 462 g/mol. The van der Waals surface area contributed by atoms with Crippen LogP contribution in [-0.4, -0.2) is 48.6 Å². The fraction of sp³-hybridized carbons (Fsp3) is 0.350. The minimum absolute atomic E-state index is 0.0427. The molecule has 0 amide bonds. The summed E-state index contributed by atoms with van der Waals surface area (Å²) in [7, 11) is 1.34. The van der Waals surface area contributed by atoms with Crippen LogP contribution >= 0.6 is 22.6 Å². The van der Waals surface area contributed by atoms with Crippen LogP contribution in [0.15, 0.2) is 50.6 Å². The maximum Gasteiger partial charge on any atom is 0.339 e. The van der Waals surface area contributed by atoms with Crippen LogP contribution in [0.25, 0.3) is 0 Å². The number of hydrogen-bond acceptors (Lipinski definition) is 5. The quantitative estimate of drug-likeness (QED) is 0.512. The smallest absolute Gasteiger partial charge is 0.339 e. The van der Waals surface area contributed by atoms with Gasteiger partial charge < -0.3 is 4.74 Å². The fourth-order valence-electron chi connectivity index (χ4n) is 4.46. The first-order valence-corrected chi connectivity index (χ1v) is 9.68. The number of likely N-dealkylation sites (tertiary alicyclic amines) is 1. The molecule has 1 aromatic rings. The fourth-order valence-corrected chi connectivity index (χ4v) is 4.90. The maximum absolute atomic E-state index is 13.1. The van der Waals surface area contributed by atoms with Gasteiger partial charge in [0.1, 0.15) is 0 Å². The van der Waals surface area contributed by atoms with Crippen LogP contribution in [0.4, 0.5) is 5.69 Å². The summed E-state index contributed by atoms with van der Waals surface area (Å²) >= 11 is 2.31. The summed E-state index contributed by atoms with van der Waals surface area (Å²) in [6.45, 7) is 3.52. The number of esters is 1. The van der Waals surface area contributed by atoms with Crippen LogP contribution < -0.4 is 0 Å². The number of hydrogen-bond donors (Lipinski definition) is 0. The van der Waals surface area contributed by atoms with E-state index in [0.717, 1.165) is 30.8 Å². The zero-order valence-corrected chi connectivity index (χ0v) is 16.8. The number of nitrogens with zero attached hydrogens (tertiary/aromatic N) is 2. The van der Waals surface area contributed by atoms with Crippen molar-refractivity contribution in [2.24, 2.45) is 4.99 Å². The van der Waals surface area contributed by atoms with E-state index >= 15 is 0 Å². The van der Waals surface area contributed by atoms with Gasteiger partial charge in [-0.05, 0) is 53.6 Å². The van der Waals surface area contributed by atoms with Gasteiger partial charge in [0.2, 0.25) is 0 Å². The molecule has 0 bridgehead atoms. The van der Waals surface area contributed by atoms with Crippen molar-refractivity contribution < 1.29 is 14.3 Å². The normalized spacial score (nSPS) is 27.4. The van der Waals surface area contributed by atoms with Crippen molar-refractivity contribution in [1.29, 1.82) is 0 Å². The van der Waals surface area contributed by atoms with Crippen molar-refractivity contribution in [1.82, 2.24) is 4.90 Å². The molecule has 0 saturated carbocycles. The standard InChI is InChI=1S/C20H19IN2O3/c1-3-12(21)11-23-9-8-20-14-6-4-5-7-15(14)22-17(20)13(19(25)26-2)10-16(24)18(20)23/h3-7,10,18H,8-9,11H2,1-2H3/b12-3-/t18-,20-/m0/s1. The summed E-state index contributed by atoms with van der Waals surface area (Å²) in [6.07, 6.45) is 4.26. The summed E-state index contributed by atoms with van der Waals surface area (Å²) in [5, 5.41) is 0. The lowest BCUT2D eigenvalue weighted by Crippen LogP contribution is -2.54. The molecule has 1 fully saturated rings. The van der Waals surface area contributed by atoms with Crippen LogP contribution in [0, 0.1) is 0 Å². The van der Waals surface area contributed by atoms with Gasteiger partial charge in [-0.3, -0.25) is 14.7 Å². The Hall–Kier alpha value is -1.80. The molecule has 2 atom stereocenters. The number of para-hydroxylation sites is 1. The molecule has 26 heavy (non-hydrogen) atoms. The Morgan fingerprint density at radius 1 is 1.46 bits per heavy atom. The predicted octanol–water partition coefficient (Wildman–Crippen LogP) is 3.11. The number of allylic oxidation sites excluding steroid dienone is 1. The average molecular weight is 462 g/mol. The molecule has 1 spiro atoms. The third-order valence-electron chi connectivity index (χ3n) is 5.55. The van der Waals surface area contributed by atoms with Crippen molar-refractivity contribution in [3.05, 3.63) is 51.1 Å². The van der Waals surface area contributed by atoms with Gasteiger partial charge in [-0.15, -0.1) is 0 Å². The van der Waals surface area contributed by atoms with E-state index < -0.39 is 11.4 Å². The van der Waals surface area contributed by atoms with Crippen LogP contribution in [0.3, 0.4) is 0 Å². The second-order valence-corrected chi connectivity index (χ2v) is 8.15. The molecule has 4 rings (SSSR count). The van der Waals surface area contributed by atoms with Crippen molar-refractivity contribution >= 4 is 45.7 Å². The molecule has 1 aliphatic carbocycles. The van der Waals surface area contributed by atoms with Gasteiger partial charge in [-0.25, -0.2) is 4.79 Å². The topological polar surface area (TPSA) is 59.0 Å². The minimum Gasteiger partial charge on any atom is -0.465 e. The lowest BCUT2D eigenvalue weighted by Gasteiger charge is -2.38. The largest absolute Gasteiger partial charge is 0.465 e. The van der Waals surface area contributed by atoms with Gasteiger partial charge in [0, 0.05) is 16.7 Å². The summed E-state index contributed by atoms with van der Waals surface area (Å²) in [5.41, 5.74) is 2.32. The molecule has 2 heterocycles. The summed E-state index contributed by atoms with van der Waals surface area (Å²) in [5.74, 6) is -0.539. The third kappa shape index (κ3) is 2.35. The molecule has 0 N–H and O–H groups in total. The van der Waals surface area contributed by atoms with Crippen molar-refractivity contribution in [3.8, 4) is 0 Å². The van der Waals surface area contributed by atoms with E-state index in [4.69, 9.17) is 9.73 Å². The highest BCUT2D eigenvalue weighted by Crippen LogP contribution is 2.53. The lowest BCUT2D eigenvalue weighted by atomic mass is 9.65. The highest BCUT2D eigenvalue weighted by atomic mass is 127. The summed E-state index contributed by atoms with van der Waals surface area (Å²) in [6, 6.07) is 7.57. The van der Waals surface area contributed by atoms with E-state index in [2.05, 4.69) is 33.6 Å². The number of aliphatic imine (C=N–C) groups is 1. The minimum atomic E-state index is -0.559. The second-order valence-electron chi connectivity index (χ2n) is 6.76. The van der Waals surface area contributed by atoms with Gasteiger partial charge in [0.05, 0.1) is 35.5 Å². The van der Waals surface area contributed by atoms with E-state index in [1.165, 1.54) is 16.8 Å².